The van der Waals surface area contributed by atoms with E-state index in [4.69, 9.17) is 10.3 Å². The summed E-state index contributed by atoms with van der Waals surface area (Å²) in [6.45, 7) is 0. The first kappa shape index (κ1) is 20.5. The molecule has 1 aromatic carbocycles. The smallest absolute Gasteiger partial charge is 0.274 e. The molecule has 0 spiro atoms. The minimum Gasteiger partial charge on any atom is -0.496 e. The van der Waals surface area contributed by atoms with Crippen LogP contribution < -0.4 is 15.6 Å². The van der Waals surface area contributed by atoms with Gasteiger partial charge in [0.25, 0.3) is 11.5 Å². The van der Waals surface area contributed by atoms with Crippen molar-refractivity contribution in [3.05, 3.63) is 63.0 Å². The van der Waals surface area contributed by atoms with Crippen molar-refractivity contribution in [2.24, 2.45) is 12.2 Å². The molecule has 2 aromatic heterocycles. The van der Waals surface area contributed by atoms with Crippen molar-refractivity contribution in [1.82, 2.24) is 14.3 Å². The molecule has 1 N–H and O–H groups in total. The van der Waals surface area contributed by atoms with Gasteiger partial charge in [-0.2, -0.15) is 5.10 Å². The van der Waals surface area contributed by atoms with E-state index in [0.717, 1.165) is 36.6 Å². The number of pyridine rings is 1. The van der Waals surface area contributed by atoms with Gasteiger partial charge in [0.15, 0.2) is 0 Å². The summed E-state index contributed by atoms with van der Waals surface area (Å²) < 4.78 is 8.74. The lowest BCUT2D eigenvalue weighted by Gasteiger charge is -2.25. The first-order valence-electron chi connectivity index (χ1n) is 10.1. The Bertz CT molecular complexity index is 1230. The maximum atomic E-state index is 12.9. The molecule has 1 aliphatic rings. The normalized spacial score (nSPS) is 18.4. The van der Waals surface area contributed by atoms with Gasteiger partial charge in [-0.1, -0.05) is 5.11 Å². The van der Waals surface area contributed by atoms with E-state index >= 15 is 0 Å². The lowest BCUT2D eigenvalue weighted by atomic mass is 9.92. The van der Waals surface area contributed by atoms with Crippen molar-refractivity contribution in [3.63, 3.8) is 0 Å². The molecule has 0 aliphatic heterocycles. The highest BCUT2D eigenvalue weighted by molar-refractivity contribution is 6.08. The molecular formula is C21H23N7O3. The number of nitrogens with one attached hydrogen (secondary N) is 1. The number of methoxy groups -OCH3 is 1. The van der Waals surface area contributed by atoms with Gasteiger partial charge in [-0.15, -0.1) is 0 Å². The highest BCUT2D eigenvalue weighted by atomic mass is 16.5. The van der Waals surface area contributed by atoms with Crippen LogP contribution in [0.2, 0.25) is 0 Å². The zero-order valence-corrected chi connectivity index (χ0v) is 17.4. The summed E-state index contributed by atoms with van der Waals surface area (Å²) >= 11 is 0. The molecule has 0 atom stereocenters. The van der Waals surface area contributed by atoms with Crippen LogP contribution in [-0.4, -0.2) is 33.4 Å². The van der Waals surface area contributed by atoms with Gasteiger partial charge in [-0.05, 0) is 49.4 Å². The number of nitrogens with zero attached hydrogens (tertiary/aromatic N) is 6. The first-order chi connectivity index (χ1) is 15.0. The number of benzene rings is 1. The number of aromatic nitrogens is 3. The summed E-state index contributed by atoms with van der Waals surface area (Å²) in [6.07, 6.45) is 6.95. The molecule has 2 heterocycles. The number of carbonyl (C=O) groups excluding carboxylic acids is 1. The van der Waals surface area contributed by atoms with E-state index in [1.807, 2.05) is 10.9 Å². The Kier molecular flexibility index (Phi) is 5.64. The third-order valence-corrected chi connectivity index (χ3v) is 5.71. The average Bonchev–Trinajstić information content (AvgIpc) is 3.19. The summed E-state index contributed by atoms with van der Waals surface area (Å²) in [6, 6.07) is 6.98. The number of aryl methyl sites for hydroxylation is 1. The molecule has 0 saturated heterocycles. The second-order valence-corrected chi connectivity index (χ2v) is 7.68. The van der Waals surface area contributed by atoms with Crippen LogP contribution in [0.1, 0.15) is 42.1 Å². The molecule has 10 nitrogen and oxygen atoms in total. The third-order valence-electron chi connectivity index (χ3n) is 5.71. The van der Waals surface area contributed by atoms with Crippen LogP contribution in [0.5, 0.6) is 5.75 Å². The number of amides is 1. The van der Waals surface area contributed by atoms with E-state index in [9.17, 15) is 9.59 Å². The van der Waals surface area contributed by atoms with Crippen LogP contribution in [0.3, 0.4) is 0 Å². The largest absolute Gasteiger partial charge is 0.496 e. The SMILES string of the molecule is COc1cc2nn(C3CCC(N=[N+]=[N-])CC3)cc2cc1C(=O)Nc1cccn(C)c1=O. The fraction of sp³-hybridized carbons (Fsp3) is 0.381. The summed E-state index contributed by atoms with van der Waals surface area (Å²) in [4.78, 5) is 28.0. The van der Waals surface area contributed by atoms with Crippen LogP contribution in [0.25, 0.3) is 21.3 Å². The number of azide groups is 1. The molecule has 0 radical (unpaired) electrons. The number of hydrogen-bond acceptors (Lipinski definition) is 5. The molecule has 1 amide bonds. The van der Waals surface area contributed by atoms with Crippen molar-refractivity contribution < 1.29 is 9.53 Å². The number of carbonyl (C=O) groups is 1. The van der Waals surface area contributed by atoms with Gasteiger partial charge in [-0.25, -0.2) is 0 Å². The molecule has 0 bridgehead atoms. The Labute approximate surface area is 178 Å². The fourth-order valence-corrected chi connectivity index (χ4v) is 4.00. The minimum absolute atomic E-state index is 0.0484. The predicted molar refractivity (Wildman–Crippen MR) is 116 cm³/mol. The summed E-state index contributed by atoms with van der Waals surface area (Å²) in [5, 5.41) is 12.0. The first-order valence-corrected chi connectivity index (χ1v) is 10.1. The molecule has 0 unspecified atom stereocenters. The Hall–Kier alpha value is -3.78. The lowest BCUT2D eigenvalue weighted by Crippen LogP contribution is -2.23. The van der Waals surface area contributed by atoms with Gasteiger partial charge in [0.05, 0.1) is 24.2 Å². The Morgan fingerprint density at radius 3 is 2.81 bits per heavy atom. The van der Waals surface area contributed by atoms with Gasteiger partial charge in [0.1, 0.15) is 11.4 Å². The maximum absolute atomic E-state index is 12.9. The minimum atomic E-state index is -0.426. The van der Waals surface area contributed by atoms with Gasteiger partial charge in [0.2, 0.25) is 0 Å². The molecule has 1 saturated carbocycles. The van der Waals surface area contributed by atoms with Crippen LogP contribution in [0.15, 0.2) is 46.6 Å². The van der Waals surface area contributed by atoms with Crippen LogP contribution in [-0.2, 0) is 7.05 Å². The van der Waals surface area contributed by atoms with Crippen LogP contribution in [0, 0.1) is 0 Å². The second kappa shape index (κ2) is 8.53. The lowest BCUT2D eigenvalue weighted by molar-refractivity contribution is 0.102. The third kappa shape index (κ3) is 4.10. The van der Waals surface area contributed by atoms with Crippen LogP contribution in [0.4, 0.5) is 5.69 Å². The van der Waals surface area contributed by atoms with E-state index in [0.29, 0.717) is 11.3 Å². The number of hydrogen-bond donors (Lipinski definition) is 1. The van der Waals surface area contributed by atoms with Crippen molar-refractivity contribution in [2.45, 2.75) is 37.8 Å². The average molecular weight is 421 g/mol. The maximum Gasteiger partial charge on any atom is 0.274 e. The van der Waals surface area contributed by atoms with Gasteiger partial charge in [0, 0.05) is 41.8 Å². The summed E-state index contributed by atoms with van der Waals surface area (Å²) in [5.74, 6) is -0.0419. The van der Waals surface area contributed by atoms with Crippen molar-refractivity contribution in [3.8, 4) is 5.75 Å². The fourth-order valence-electron chi connectivity index (χ4n) is 4.00. The van der Waals surface area contributed by atoms with Crippen LogP contribution >= 0.6 is 0 Å². The standard InChI is InChI=1S/C21H23N7O3/c1-27-9-3-4-17(21(27)30)23-20(29)16-10-13-12-28(25-18(13)11-19(16)31-2)15-7-5-14(6-8-15)24-26-22/h3-4,9-12,14-15H,5-8H2,1-2H3,(H,23,29). The molecule has 1 aliphatic carbocycles. The molecule has 3 aromatic rings. The number of fused-ring (bicyclic) bond motifs is 1. The number of anilines is 1. The van der Waals surface area contributed by atoms with E-state index in [1.54, 1.807) is 37.5 Å². The zero-order chi connectivity index (χ0) is 22.0. The van der Waals surface area contributed by atoms with Crippen molar-refractivity contribution in [1.29, 1.82) is 0 Å². The highest BCUT2D eigenvalue weighted by Crippen LogP contribution is 2.32. The monoisotopic (exact) mass is 421 g/mol. The predicted octanol–water partition coefficient (Wildman–Crippen LogP) is 3.79. The number of ether oxygens (including phenoxy) is 1. The van der Waals surface area contributed by atoms with Gasteiger partial charge < -0.3 is 14.6 Å². The van der Waals surface area contributed by atoms with Crippen molar-refractivity contribution >= 4 is 22.5 Å². The summed E-state index contributed by atoms with van der Waals surface area (Å²) in [5.41, 5.74) is 9.57. The molecule has 1 fully saturated rings. The summed E-state index contributed by atoms with van der Waals surface area (Å²) in [7, 11) is 3.12. The van der Waals surface area contributed by atoms with Gasteiger partial charge >= 0.3 is 0 Å². The molecule has 4 rings (SSSR count). The highest BCUT2D eigenvalue weighted by Gasteiger charge is 2.23. The molecular weight excluding hydrogens is 398 g/mol. The van der Waals surface area contributed by atoms with Gasteiger partial charge in [-0.3, -0.25) is 14.3 Å². The Morgan fingerprint density at radius 1 is 1.32 bits per heavy atom. The van der Waals surface area contributed by atoms with Crippen molar-refractivity contribution in [2.75, 3.05) is 12.4 Å². The quantitative estimate of drug-likeness (QED) is 0.382. The van der Waals surface area contributed by atoms with E-state index in [-0.39, 0.29) is 23.3 Å². The number of rotatable bonds is 5. The zero-order valence-electron chi connectivity index (χ0n) is 17.4. The van der Waals surface area contributed by atoms with E-state index in [2.05, 4.69) is 20.4 Å². The second-order valence-electron chi connectivity index (χ2n) is 7.68. The Morgan fingerprint density at radius 2 is 2.10 bits per heavy atom. The van der Waals surface area contributed by atoms with E-state index in [1.165, 1.54) is 11.7 Å². The molecule has 160 valence electrons. The molecule has 10 heteroatoms. The Balaban J connectivity index is 1.61. The van der Waals surface area contributed by atoms with E-state index < -0.39 is 5.91 Å². The topological polar surface area (TPSA) is 127 Å². The molecule has 31 heavy (non-hydrogen) atoms.